The molecule has 2 fully saturated rings. The molecule has 0 radical (unpaired) electrons. The lowest BCUT2D eigenvalue weighted by atomic mass is 9.93. The molecule has 2 heterocycles. The highest BCUT2D eigenvalue weighted by molar-refractivity contribution is 5.85. The third-order valence-electron chi connectivity index (χ3n) is 4.43. The number of hydrogen-bond donors (Lipinski definition) is 1. The molecule has 2 saturated heterocycles. The molecule has 1 N–H and O–H groups in total. The number of nitrogens with one attached hydrogen (secondary N) is 1. The Hall–Kier alpha value is -0.570. The van der Waals surface area contributed by atoms with Crippen LogP contribution in [0.25, 0.3) is 0 Å². The van der Waals surface area contributed by atoms with Crippen molar-refractivity contribution in [2.24, 2.45) is 0 Å². The minimum absolute atomic E-state index is 0. The summed E-state index contributed by atoms with van der Waals surface area (Å²) in [4.78, 5) is 2.67. The third kappa shape index (κ3) is 3.71. The first-order valence-electron chi connectivity index (χ1n) is 7.34. The second-order valence-electron chi connectivity index (χ2n) is 6.02. The van der Waals surface area contributed by atoms with Crippen LogP contribution in [0.1, 0.15) is 37.7 Å². The number of likely N-dealkylation sites (tertiary alicyclic amines) is 1. The Morgan fingerprint density at radius 3 is 2.42 bits per heavy atom. The molecule has 3 heteroatoms. The number of nitrogens with zero attached hydrogens (tertiary/aromatic N) is 1. The van der Waals surface area contributed by atoms with Crippen molar-refractivity contribution in [3.8, 4) is 0 Å². The van der Waals surface area contributed by atoms with Crippen molar-refractivity contribution >= 4 is 12.4 Å². The van der Waals surface area contributed by atoms with Gasteiger partial charge in [-0.15, -0.1) is 12.4 Å². The summed E-state index contributed by atoms with van der Waals surface area (Å²) in [5, 5.41) is 3.75. The Balaban J connectivity index is 0.00000133. The van der Waals surface area contributed by atoms with Crippen molar-refractivity contribution in [3.05, 3.63) is 35.9 Å². The maximum absolute atomic E-state index is 3.75. The van der Waals surface area contributed by atoms with Crippen LogP contribution in [-0.2, 0) is 0 Å². The first-order chi connectivity index (χ1) is 8.81. The van der Waals surface area contributed by atoms with Crippen LogP contribution in [0.5, 0.6) is 0 Å². The summed E-state index contributed by atoms with van der Waals surface area (Å²) in [6.45, 7) is 6.05. The van der Waals surface area contributed by atoms with E-state index in [9.17, 15) is 0 Å². The number of hydrogen-bond acceptors (Lipinski definition) is 2. The summed E-state index contributed by atoms with van der Waals surface area (Å²) in [6.07, 6.45) is 4.16. The van der Waals surface area contributed by atoms with Crippen LogP contribution in [-0.4, -0.2) is 36.6 Å². The average Bonchev–Trinajstić information content (AvgIpc) is 2.39. The third-order valence-corrected chi connectivity index (χ3v) is 4.43. The second kappa shape index (κ2) is 6.74. The fourth-order valence-corrected chi connectivity index (χ4v) is 3.52. The molecule has 3 unspecified atom stereocenters. The van der Waals surface area contributed by atoms with Crippen LogP contribution in [0, 0.1) is 0 Å². The molecule has 106 valence electrons. The van der Waals surface area contributed by atoms with E-state index >= 15 is 0 Å². The molecular weight excluding hydrogens is 256 g/mol. The van der Waals surface area contributed by atoms with E-state index in [0.29, 0.717) is 5.92 Å². The van der Waals surface area contributed by atoms with E-state index in [-0.39, 0.29) is 12.4 Å². The van der Waals surface area contributed by atoms with Crippen molar-refractivity contribution in [2.75, 3.05) is 19.6 Å². The van der Waals surface area contributed by atoms with Gasteiger partial charge in [0.1, 0.15) is 0 Å². The molecular formula is C16H25ClN2. The Labute approximate surface area is 123 Å². The molecule has 2 aliphatic rings. The second-order valence-corrected chi connectivity index (χ2v) is 6.02. The van der Waals surface area contributed by atoms with Gasteiger partial charge in [0, 0.05) is 31.7 Å². The minimum atomic E-state index is 0. The summed E-state index contributed by atoms with van der Waals surface area (Å²) in [6, 6.07) is 12.4. The summed E-state index contributed by atoms with van der Waals surface area (Å²) < 4.78 is 0. The Morgan fingerprint density at radius 1 is 1.16 bits per heavy atom. The Morgan fingerprint density at radius 2 is 1.79 bits per heavy atom. The molecule has 0 saturated carbocycles. The lowest BCUT2D eigenvalue weighted by molar-refractivity contribution is 0.121. The van der Waals surface area contributed by atoms with E-state index < -0.39 is 0 Å². The molecule has 0 spiro atoms. The highest BCUT2D eigenvalue weighted by atomic mass is 35.5. The van der Waals surface area contributed by atoms with Crippen LogP contribution in [0.15, 0.2) is 30.3 Å². The number of piperidine rings is 1. The molecule has 2 nitrogen and oxygen atoms in total. The van der Waals surface area contributed by atoms with Gasteiger partial charge in [0.15, 0.2) is 0 Å². The molecule has 0 aromatic heterocycles. The van der Waals surface area contributed by atoms with Crippen LogP contribution in [0.4, 0.5) is 0 Å². The molecule has 0 amide bonds. The van der Waals surface area contributed by atoms with E-state index in [0.717, 1.165) is 12.1 Å². The quantitative estimate of drug-likeness (QED) is 0.916. The normalized spacial score (nSPS) is 28.5. The zero-order valence-corrected chi connectivity index (χ0v) is 12.5. The monoisotopic (exact) mass is 280 g/mol. The highest BCUT2D eigenvalue weighted by Crippen LogP contribution is 2.22. The average molecular weight is 281 g/mol. The maximum atomic E-state index is 3.75. The number of halogens is 1. The van der Waals surface area contributed by atoms with Gasteiger partial charge in [-0.25, -0.2) is 0 Å². The molecule has 3 atom stereocenters. The fraction of sp³-hybridized carbons (Fsp3) is 0.625. The van der Waals surface area contributed by atoms with Crippen molar-refractivity contribution in [1.82, 2.24) is 10.2 Å². The van der Waals surface area contributed by atoms with Crippen LogP contribution < -0.4 is 5.32 Å². The first-order valence-corrected chi connectivity index (χ1v) is 7.34. The lowest BCUT2D eigenvalue weighted by Crippen LogP contribution is -2.59. The van der Waals surface area contributed by atoms with E-state index in [2.05, 4.69) is 47.5 Å². The molecule has 2 aliphatic heterocycles. The van der Waals surface area contributed by atoms with E-state index in [1.165, 1.54) is 44.5 Å². The van der Waals surface area contributed by atoms with E-state index in [1.54, 1.807) is 0 Å². The van der Waals surface area contributed by atoms with Gasteiger partial charge < -0.3 is 5.32 Å². The molecule has 19 heavy (non-hydrogen) atoms. The van der Waals surface area contributed by atoms with Crippen molar-refractivity contribution in [2.45, 2.75) is 44.2 Å². The molecule has 3 rings (SSSR count). The summed E-state index contributed by atoms with van der Waals surface area (Å²) in [5.74, 6) is 0.644. The summed E-state index contributed by atoms with van der Waals surface area (Å²) in [7, 11) is 0. The fourth-order valence-electron chi connectivity index (χ4n) is 3.52. The number of rotatable bonds is 3. The standard InChI is InChI=1S/C16H24N2.ClH/c1-13(14-6-3-2-4-7-14)10-18-11-15-8-5-9-16(12-18)17-15;/h2-4,6-7,13,15-17H,5,8-12H2,1H3;1H. The van der Waals surface area contributed by atoms with Gasteiger partial charge in [-0.3, -0.25) is 4.90 Å². The predicted octanol–water partition coefficient (Wildman–Crippen LogP) is 3.04. The number of piperazine rings is 1. The smallest absolute Gasteiger partial charge is 0.0198 e. The summed E-state index contributed by atoms with van der Waals surface area (Å²) >= 11 is 0. The number of fused-ring (bicyclic) bond motifs is 2. The lowest BCUT2D eigenvalue weighted by Gasteiger charge is -2.43. The van der Waals surface area contributed by atoms with Gasteiger partial charge in [-0.1, -0.05) is 43.7 Å². The van der Waals surface area contributed by atoms with Crippen LogP contribution in [0.2, 0.25) is 0 Å². The predicted molar refractivity (Wildman–Crippen MR) is 83.1 cm³/mol. The minimum Gasteiger partial charge on any atom is -0.309 e. The SMILES string of the molecule is CC(CN1CC2CCCC(C1)N2)c1ccccc1.Cl. The Bertz CT molecular complexity index is 370. The van der Waals surface area contributed by atoms with Crippen molar-refractivity contribution < 1.29 is 0 Å². The zero-order valence-electron chi connectivity index (χ0n) is 11.7. The highest BCUT2D eigenvalue weighted by Gasteiger charge is 2.30. The van der Waals surface area contributed by atoms with Crippen molar-refractivity contribution in [3.63, 3.8) is 0 Å². The topological polar surface area (TPSA) is 15.3 Å². The Kier molecular flexibility index (Phi) is 5.26. The van der Waals surface area contributed by atoms with Gasteiger partial charge in [0.2, 0.25) is 0 Å². The zero-order chi connectivity index (χ0) is 12.4. The molecule has 2 bridgehead atoms. The van der Waals surface area contributed by atoms with Crippen LogP contribution in [0.3, 0.4) is 0 Å². The molecule has 0 aliphatic carbocycles. The first kappa shape index (κ1) is 14.8. The maximum Gasteiger partial charge on any atom is 0.0198 e. The molecule has 1 aromatic rings. The largest absolute Gasteiger partial charge is 0.309 e. The van der Waals surface area contributed by atoms with Gasteiger partial charge in [0.05, 0.1) is 0 Å². The van der Waals surface area contributed by atoms with E-state index in [4.69, 9.17) is 0 Å². The molecule has 1 aromatic carbocycles. The van der Waals surface area contributed by atoms with Gasteiger partial charge >= 0.3 is 0 Å². The van der Waals surface area contributed by atoms with Gasteiger partial charge in [-0.2, -0.15) is 0 Å². The van der Waals surface area contributed by atoms with E-state index in [1.807, 2.05) is 0 Å². The summed E-state index contributed by atoms with van der Waals surface area (Å²) in [5.41, 5.74) is 1.47. The van der Waals surface area contributed by atoms with Gasteiger partial charge in [-0.05, 0) is 24.3 Å². The van der Waals surface area contributed by atoms with Crippen LogP contribution >= 0.6 is 12.4 Å². The van der Waals surface area contributed by atoms with Crippen molar-refractivity contribution in [1.29, 1.82) is 0 Å². The van der Waals surface area contributed by atoms with Gasteiger partial charge in [0.25, 0.3) is 0 Å². The number of benzene rings is 1.